The van der Waals surface area contributed by atoms with Gasteiger partial charge in [0, 0.05) is 74.2 Å². The molecule has 1 aliphatic carbocycles. The minimum atomic E-state index is -1.20. The third-order valence-electron chi connectivity index (χ3n) is 12.7. The monoisotopic (exact) mass is 1170 g/mol. The van der Waals surface area contributed by atoms with Crippen LogP contribution in [0.1, 0.15) is 173 Å². The van der Waals surface area contributed by atoms with E-state index in [0.29, 0.717) is 45.2 Å². The summed E-state index contributed by atoms with van der Waals surface area (Å²) in [5.41, 5.74) is 0.00849. The molecule has 20 nitrogen and oxygen atoms in total. The van der Waals surface area contributed by atoms with Crippen molar-refractivity contribution in [1.82, 2.24) is 30.1 Å². The number of nitrogens with one attached hydrogen (secondary N) is 6. The Morgan fingerprint density at radius 2 is 0.932 bits per heavy atom. The summed E-state index contributed by atoms with van der Waals surface area (Å²) in [6.45, 7) is 2.57. The Morgan fingerprint density at radius 1 is 0.479 bits per heavy atom. The maximum atomic E-state index is 13.0. The molecule has 3 atom stereocenters. The number of aliphatic carboxylic acids is 2. The predicted molar refractivity (Wildman–Crippen MR) is 290 cm³/mol. The van der Waals surface area contributed by atoms with Crippen LogP contribution in [-0.2, 0) is 57.3 Å². The average Bonchev–Trinajstić information content (AvgIpc) is 3.36. The first-order valence-corrected chi connectivity index (χ1v) is 28.8. The smallest absolute Gasteiger partial charge is 0.326 e. The van der Waals surface area contributed by atoms with E-state index in [1.54, 1.807) is 0 Å². The third kappa shape index (κ3) is 41.8. The highest BCUT2D eigenvalue weighted by molar-refractivity contribution is 14.1. The zero-order chi connectivity index (χ0) is 53.6. The SMILES string of the molecule is O=C(O)CCCCCCCCCCCCCCCCCCC(=O)NCC1CCC(C(=O)NC(CCC(=O)NCCOCCOCC(=O)NCCOCCOCC(=O)NCCCC[C@H](NI)C(=O)P)C(=O)O)CC1. The standard InChI is InChI=1S/C51H92IN6O14P/c52-58-43(51(68)73)19-17-18-28-53-46(61)38-71-35-34-70-32-30-55-47(62)39-72-36-33-69-31-29-54-45(60)27-26-42(50(66)67)57-49(65)41-24-22-40(23-25-41)37-56-44(59)20-15-13-11-9-7-5-3-1-2-4-6-8-10-12-14-16-21-48(63)64/h40-43,58H,1-39,73H2,(H,53,61)(H,54,60)(H,55,62)(H,56,59)(H,57,65)(H,63,64)(H,66,67)/t40?,41?,42?,43-/m0/s1. The van der Waals surface area contributed by atoms with E-state index in [4.69, 9.17) is 24.1 Å². The van der Waals surface area contributed by atoms with Crippen molar-refractivity contribution < 1.29 is 67.5 Å². The van der Waals surface area contributed by atoms with E-state index in [-0.39, 0.29) is 132 Å². The van der Waals surface area contributed by atoms with E-state index < -0.39 is 18.0 Å². The topological polar surface area (TPSA) is 286 Å². The van der Waals surface area contributed by atoms with Crippen LogP contribution in [0.25, 0.3) is 0 Å². The van der Waals surface area contributed by atoms with Crippen LogP contribution in [0.2, 0.25) is 0 Å². The Morgan fingerprint density at radius 3 is 1.41 bits per heavy atom. The number of rotatable bonds is 50. The van der Waals surface area contributed by atoms with E-state index in [9.17, 15) is 43.5 Å². The summed E-state index contributed by atoms with van der Waals surface area (Å²) in [5, 5.41) is 32.2. The summed E-state index contributed by atoms with van der Waals surface area (Å²) in [4.78, 5) is 95.5. The second kappa shape index (κ2) is 47.4. The quantitative estimate of drug-likeness (QED) is 0.0158. The molecule has 0 aromatic heterocycles. The second-order valence-corrected chi connectivity index (χ2v) is 20.1. The van der Waals surface area contributed by atoms with Gasteiger partial charge in [0.2, 0.25) is 29.5 Å². The molecule has 1 fully saturated rings. The number of amides is 5. The van der Waals surface area contributed by atoms with Crippen molar-refractivity contribution in [2.45, 2.75) is 185 Å². The summed E-state index contributed by atoms with van der Waals surface area (Å²) in [7, 11) is 2.17. The molecule has 1 rings (SSSR count). The van der Waals surface area contributed by atoms with Crippen molar-refractivity contribution in [1.29, 1.82) is 0 Å². The molecule has 8 N–H and O–H groups in total. The second-order valence-electron chi connectivity index (χ2n) is 19.0. The van der Waals surface area contributed by atoms with Crippen molar-refractivity contribution in [2.24, 2.45) is 11.8 Å². The van der Waals surface area contributed by atoms with Gasteiger partial charge in [0.15, 0.2) is 5.52 Å². The van der Waals surface area contributed by atoms with Gasteiger partial charge in [-0.05, 0) is 70.1 Å². The van der Waals surface area contributed by atoms with Crippen molar-refractivity contribution in [3.8, 4) is 0 Å². The van der Waals surface area contributed by atoms with E-state index in [1.807, 2.05) is 22.9 Å². The zero-order valence-corrected chi connectivity index (χ0v) is 46.9. The number of unbranched alkanes of at least 4 members (excludes halogenated alkanes) is 16. The highest BCUT2D eigenvalue weighted by Gasteiger charge is 2.30. The number of hydrogen-bond donors (Lipinski definition) is 8. The van der Waals surface area contributed by atoms with Crippen LogP contribution in [0.4, 0.5) is 0 Å². The maximum absolute atomic E-state index is 13.0. The minimum absolute atomic E-state index is 0.00849. The zero-order valence-electron chi connectivity index (χ0n) is 43.6. The van der Waals surface area contributed by atoms with Crippen LogP contribution < -0.4 is 30.1 Å². The fourth-order valence-electron chi connectivity index (χ4n) is 8.27. The lowest BCUT2D eigenvalue weighted by Gasteiger charge is -2.28. The molecule has 73 heavy (non-hydrogen) atoms. The van der Waals surface area contributed by atoms with Gasteiger partial charge in [-0.1, -0.05) is 99.1 Å². The number of halogens is 1. The summed E-state index contributed by atoms with van der Waals surface area (Å²) in [6.07, 6.45) is 24.4. The van der Waals surface area contributed by atoms with Crippen LogP contribution in [0.5, 0.6) is 0 Å². The molecule has 0 aromatic rings. The van der Waals surface area contributed by atoms with Gasteiger partial charge in [-0.15, -0.1) is 0 Å². The molecule has 0 saturated heterocycles. The number of carbonyl (C=O) groups excluding carboxylic acids is 6. The molecule has 0 aromatic carbocycles. The van der Waals surface area contributed by atoms with Gasteiger partial charge in [-0.2, -0.15) is 0 Å². The van der Waals surface area contributed by atoms with Crippen molar-refractivity contribution >= 4 is 79.1 Å². The van der Waals surface area contributed by atoms with Crippen LogP contribution in [-0.4, -0.2) is 148 Å². The number of carbonyl (C=O) groups is 8. The maximum Gasteiger partial charge on any atom is 0.326 e. The lowest BCUT2D eigenvalue weighted by atomic mass is 9.81. The Bertz CT molecular complexity index is 1530. The molecule has 0 aliphatic heterocycles. The summed E-state index contributed by atoms with van der Waals surface area (Å²) >= 11 is 1.96. The van der Waals surface area contributed by atoms with Gasteiger partial charge in [-0.25, -0.2) is 4.79 Å². The molecule has 0 spiro atoms. The fourth-order valence-corrected chi connectivity index (χ4v) is 9.48. The Hall–Kier alpha value is -3.08. The van der Waals surface area contributed by atoms with Crippen LogP contribution in [0.3, 0.4) is 0 Å². The average molecular weight is 1170 g/mol. The van der Waals surface area contributed by atoms with Gasteiger partial charge in [0.05, 0.1) is 45.7 Å². The first-order valence-electron chi connectivity index (χ1n) is 27.1. The number of carboxylic acids is 2. The molecule has 1 saturated carbocycles. The van der Waals surface area contributed by atoms with Gasteiger partial charge >= 0.3 is 11.9 Å². The molecule has 1 aliphatic rings. The summed E-state index contributed by atoms with van der Waals surface area (Å²) < 4.78 is 24.3. The fraction of sp³-hybridized carbons (Fsp3) is 0.843. The predicted octanol–water partition coefficient (Wildman–Crippen LogP) is 5.66. The minimum Gasteiger partial charge on any atom is -0.481 e. The van der Waals surface area contributed by atoms with Crippen LogP contribution in [0, 0.1) is 11.8 Å². The normalized spacial score (nSPS) is 15.2. The van der Waals surface area contributed by atoms with Crippen molar-refractivity contribution in [3.63, 3.8) is 0 Å². The number of carboxylic acid groups (broad SMARTS) is 2. The molecular formula is C51H92IN6O14P. The molecule has 22 heteroatoms. The van der Waals surface area contributed by atoms with Gasteiger partial charge in [0.25, 0.3) is 0 Å². The largest absolute Gasteiger partial charge is 0.481 e. The van der Waals surface area contributed by atoms with E-state index in [1.165, 1.54) is 64.2 Å². The third-order valence-corrected chi connectivity index (χ3v) is 13.8. The van der Waals surface area contributed by atoms with E-state index in [2.05, 4.69) is 39.4 Å². The lowest BCUT2D eigenvalue weighted by molar-refractivity contribution is -0.143. The molecule has 2 unspecified atom stereocenters. The summed E-state index contributed by atoms with van der Waals surface area (Å²) in [5.74, 6) is -3.11. The molecule has 5 amide bonds. The lowest BCUT2D eigenvalue weighted by Crippen LogP contribution is -2.45. The van der Waals surface area contributed by atoms with Crippen molar-refractivity contribution in [2.75, 3.05) is 79.0 Å². The molecular weight excluding hydrogens is 1080 g/mol. The molecule has 0 radical (unpaired) electrons. The molecule has 0 heterocycles. The van der Waals surface area contributed by atoms with E-state index >= 15 is 0 Å². The van der Waals surface area contributed by atoms with Crippen LogP contribution >= 0.6 is 32.1 Å². The van der Waals surface area contributed by atoms with E-state index in [0.717, 1.165) is 64.2 Å². The van der Waals surface area contributed by atoms with Gasteiger partial charge < -0.3 is 55.7 Å². The highest BCUT2D eigenvalue weighted by atomic mass is 127. The summed E-state index contributed by atoms with van der Waals surface area (Å²) in [6, 6.07) is -1.39. The van der Waals surface area contributed by atoms with Crippen LogP contribution in [0.15, 0.2) is 0 Å². The molecule has 422 valence electrons. The van der Waals surface area contributed by atoms with Gasteiger partial charge in [0.1, 0.15) is 19.3 Å². The first kappa shape index (κ1) is 67.9. The highest BCUT2D eigenvalue weighted by Crippen LogP contribution is 2.29. The van der Waals surface area contributed by atoms with Crippen molar-refractivity contribution in [3.05, 3.63) is 0 Å². The first-order chi connectivity index (χ1) is 35.3. The van der Waals surface area contributed by atoms with Gasteiger partial charge in [-0.3, -0.25) is 37.1 Å². The molecule has 0 bridgehead atoms. The Balaban J connectivity index is 1.97. The number of hydrogen-bond acceptors (Lipinski definition) is 13. The number of ether oxygens (including phenoxy) is 4. The Kier molecular flexibility index (Phi) is 44.1. The Labute approximate surface area is 451 Å².